The van der Waals surface area contributed by atoms with E-state index in [2.05, 4.69) is 34.9 Å². The molecule has 0 spiro atoms. The minimum absolute atomic E-state index is 0.0487. The van der Waals surface area contributed by atoms with Crippen molar-refractivity contribution in [3.05, 3.63) is 60.2 Å². The number of para-hydroxylation sites is 2. The predicted octanol–water partition coefficient (Wildman–Crippen LogP) is 3.69. The molecule has 1 heterocycles. The van der Waals surface area contributed by atoms with Gasteiger partial charge in [-0.3, -0.25) is 4.79 Å². The third-order valence-electron chi connectivity index (χ3n) is 4.96. The highest BCUT2D eigenvalue weighted by Crippen LogP contribution is 2.40. The van der Waals surface area contributed by atoms with Crippen LogP contribution < -0.4 is 10.6 Å². The van der Waals surface area contributed by atoms with Crippen LogP contribution in [0.3, 0.4) is 0 Å². The van der Waals surface area contributed by atoms with Gasteiger partial charge in [-0.2, -0.15) is 0 Å². The Labute approximate surface area is 130 Å². The molecular formula is C19H20N2O. The van der Waals surface area contributed by atoms with E-state index in [0.29, 0.717) is 5.92 Å². The largest absolute Gasteiger partial charge is 0.380 e. The Morgan fingerprint density at radius 1 is 0.909 bits per heavy atom. The van der Waals surface area contributed by atoms with Crippen LogP contribution in [0.2, 0.25) is 0 Å². The Bertz CT molecular complexity index is 683. The van der Waals surface area contributed by atoms with Gasteiger partial charge in [-0.1, -0.05) is 42.5 Å². The fourth-order valence-electron chi connectivity index (χ4n) is 3.92. The summed E-state index contributed by atoms with van der Waals surface area (Å²) >= 11 is 0. The van der Waals surface area contributed by atoms with E-state index < -0.39 is 0 Å². The van der Waals surface area contributed by atoms with Gasteiger partial charge < -0.3 is 10.6 Å². The summed E-state index contributed by atoms with van der Waals surface area (Å²) in [6.07, 6.45) is 3.14. The Balaban J connectivity index is 1.59. The van der Waals surface area contributed by atoms with Crippen LogP contribution in [0.15, 0.2) is 54.6 Å². The summed E-state index contributed by atoms with van der Waals surface area (Å²) in [5.41, 5.74) is 3.27. The van der Waals surface area contributed by atoms with Gasteiger partial charge in [0.1, 0.15) is 0 Å². The number of benzene rings is 2. The lowest BCUT2D eigenvalue weighted by Crippen LogP contribution is -2.35. The molecule has 3 nitrogen and oxygen atoms in total. The minimum Gasteiger partial charge on any atom is -0.380 e. The lowest BCUT2D eigenvalue weighted by molar-refractivity contribution is -0.121. The van der Waals surface area contributed by atoms with Crippen molar-refractivity contribution in [3.8, 4) is 0 Å². The first-order valence-corrected chi connectivity index (χ1v) is 8.01. The summed E-state index contributed by atoms with van der Waals surface area (Å²) in [7, 11) is 0. The average molecular weight is 292 g/mol. The summed E-state index contributed by atoms with van der Waals surface area (Å²) in [5, 5.41) is 6.69. The van der Waals surface area contributed by atoms with E-state index in [1.165, 1.54) is 5.56 Å². The van der Waals surface area contributed by atoms with E-state index >= 15 is 0 Å². The zero-order chi connectivity index (χ0) is 14.9. The van der Waals surface area contributed by atoms with E-state index in [1.54, 1.807) is 0 Å². The van der Waals surface area contributed by atoms with Gasteiger partial charge in [0.2, 0.25) is 5.91 Å². The Morgan fingerprint density at radius 3 is 2.45 bits per heavy atom. The lowest BCUT2D eigenvalue weighted by atomic mass is 9.87. The number of anilines is 2. The van der Waals surface area contributed by atoms with Gasteiger partial charge in [0.25, 0.3) is 0 Å². The van der Waals surface area contributed by atoms with Gasteiger partial charge in [-0.15, -0.1) is 0 Å². The molecule has 0 aromatic heterocycles. The predicted molar refractivity (Wildman–Crippen MR) is 88.8 cm³/mol. The number of carbonyl (C=O) groups excluding carboxylic acids is 1. The van der Waals surface area contributed by atoms with Gasteiger partial charge in [0.05, 0.1) is 17.3 Å². The number of carbonyl (C=O) groups is 1. The van der Waals surface area contributed by atoms with Crippen LogP contribution in [0.25, 0.3) is 0 Å². The zero-order valence-electron chi connectivity index (χ0n) is 12.5. The fourth-order valence-corrected chi connectivity index (χ4v) is 3.92. The number of rotatable bonds is 2. The van der Waals surface area contributed by atoms with Crippen LogP contribution in [0.1, 0.15) is 18.4 Å². The Hall–Kier alpha value is -2.29. The van der Waals surface area contributed by atoms with Crippen molar-refractivity contribution in [2.45, 2.75) is 25.3 Å². The molecule has 3 atom stereocenters. The second kappa shape index (κ2) is 5.48. The Morgan fingerprint density at radius 2 is 1.64 bits per heavy atom. The maximum absolute atomic E-state index is 12.7. The van der Waals surface area contributed by atoms with Crippen LogP contribution >= 0.6 is 0 Å². The molecule has 0 saturated heterocycles. The van der Waals surface area contributed by atoms with Crippen molar-refractivity contribution in [1.29, 1.82) is 0 Å². The van der Waals surface area contributed by atoms with Crippen LogP contribution in [0.5, 0.6) is 0 Å². The van der Waals surface area contributed by atoms with Crippen molar-refractivity contribution in [2.24, 2.45) is 11.8 Å². The van der Waals surface area contributed by atoms with Gasteiger partial charge >= 0.3 is 0 Å². The van der Waals surface area contributed by atoms with E-state index in [4.69, 9.17) is 0 Å². The van der Waals surface area contributed by atoms with Gasteiger partial charge in [0.15, 0.2) is 0 Å². The second-order valence-corrected chi connectivity index (χ2v) is 6.34. The molecule has 2 aromatic carbocycles. The highest BCUT2D eigenvalue weighted by Gasteiger charge is 2.42. The molecule has 1 saturated carbocycles. The maximum Gasteiger partial charge on any atom is 0.229 e. The quantitative estimate of drug-likeness (QED) is 0.886. The van der Waals surface area contributed by atoms with Crippen LogP contribution in [-0.4, -0.2) is 11.9 Å². The standard InChI is InChI=1S/C19H20N2O/c22-19-18-14(12-13-6-2-1-3-7-13)10-11-17(18)20-15-8-4-5-9-16(15)21-19/h1-9,14,17-18,20H,10-12H2,(H,21,22). The topological polar surface area (TPSA) is 41.1 Å². The molecule has 0 bridgehead atoms. The molecule has 22 heavy (non-hydrogen) atoms. The summed E-state index contributed by atoms with van der Waals surface area (Å²) < 4.78 is 0. The molecule has 112 valence electrons. The maximum atomic E-state index is 12.7. The van der Waals surface area contributed by atoms with Crippen LogP contribution in [-0.2, 0) is 11.2 Å². The molecule has 1 fully saturated rings. The molecule has 3 heteroatoms. The zero-order valence-corrected chi connectivity index (χ0v) is 12.5. The average Bonchev–Trinajstić information content (AvgIpc) is 2.86. The van der Waals surface area contributed by atoms with Crippen molar-refractivity contribution in [2.75, 3.05) is 10.6 Å². The van der Waals surface area contributed by atoms with E-state index in [0.717, 1.165) is 30.6 Å². The SMILES string of the molecule is O=C1Nc2ccccc2NC2CCC(Cc3ccccc3)C12. The van der Waals surface area contributed by atoms with E-state index in [-0.39, 0.29) is 17.9 Å². The first-order valence-electron chi connectivity index (χ1n) is 8.01. The first kappa shape index (κ1) is 13.4. The van der Waals surface area contributed by atoms with Gasteiger partial charge in [-0.05, 0) is 42.9 Å². The summed E-state index contributed by atoms with van der Waals surface area (Å²) in [5.74, 6) is 0.627. The van der Waals surface area contributed by atoms with Crippen molar-refractivity contribution < 1.29 is 4.79 Å². The van der Waals surface area contributed by atoms with Crippen LogP contribution in [0.4, 0.5) is 11.4 Å². The number of hydrogen-bond donors (Lipinski definition) is 2. The molecule has 3 unspecified atom stereocenters. The highest BCUT2D eigenvalue weighted by molar-refractivity contribution is 5.98. The lowest BCUT2D eigenvalue weighted by Gasteiger charge is -2.22. The molecule has 1 aliphatic carbocycles. The monoisotopic (exact) mass is 292 g/mol. The minimum atomic E-state index is 0.0487. The number of hydrogen-bond acceptors (Lipinski definition) is 2. The summed E-state index contributed by atoms with van der Waals surface area (Å²) in [6.45, 7) is 0. The van der Waals surface area contributed by atoms with Crippen molar-refractivity contribution in [3.63, 3.8) is 0 Å². The third kappa shape index (κ3) is 2.37. The van der Waals surface area contributed by atoms with E-state index in [9.17, 15) is 4.79 Å². The smallest absolute Gasteiger partial charge is 0.229 e. The molecule has 1 amide bonds. The molecule has 2 aliphatic rings. The van der Waals surface area contributed by atoms with Crippen molar-refractivity contribution in [1.82, 2.24) is 0 Å². The number of amides is 1. The highest BCUT2D eigenvalue weighted by atomic mass is 16.2. The fraction of sp³-hybridized carbons (Fsp3) is 0.316. The summed E-state index contributed by atoms with van der Waals surface area (Å²) in [6, 6.07) is 18.7. The van der Waals surface area contributed by atoms with E-state index in [1.807, 2.05) is 30.3 Å². The number of nitrogens with one attached hydrogen (secondary N) is 2. The third-order valence-corrected chi connectivity index (χ3v) is 4.96. The van der Waals surface area contributed by atoms with Gasteiger partial charge in [0, 0.05) is 6.04 Å². The molecule has 0 radical (unpaired) electrons. The van der Waals surface area contributed by atoms with Gasteiger partial charge in [-0.25, -0.2) is 0 Å². The summed E-state index contributed by atoms with van der Waals surface area (Å²) in [4.78, 5) is 12.7. The molecular weight excluding hydrogens is 272 g/mol. The molecule has 4 rings (SSSR count). The normalized spacial score (nSPS) is 26.4. The molecule has 1 aliphatic heterocycles. The number of fused-ring (bicyclic) bond motifs is 2. The second-order valence-electron chi connectivity index (χ2n) is 6.34. The van der Waals surface area contributed by atoms with Crippen molar-refractivity contribution >= 4 is 17.3 Å². The van der Waals surface area contributed by atoms with Crippen LogP contribution in [0, 0.1) is 11.8 Å². The molecule has 2 N–H and O–H groups in total. The molecule has 2 aromatic rings. The first-order chi connectivity index (χ1) is 10.8. The Kier molecular flexibility index (Phi) is 3.34.